The molecule has 2 aromatic carbocycles. The highest BCUT2D eigenvalue weighted by atomic mass is 79.9. The van der Waals surface area contributed by atoms with Gasteiger partial charge in [-0.1, -0.05) is 44.9 Å². The molecule has 0 radical (unpaired) electrons. The van der Waals surface area contributed by atoms with Crippen LogP contribution in [0.1, 0.15) is 17.3 Å². The molecule has 0 aliphatic heterocycles. The molecule has 5 nitrogen and oxygen atoms in total. The zero-order chi connectivity index (χ0) is 18.7. The molecule has 26 heavy (non-hydrogen) atoms. The summed E-state index contributed by atoms with van der Waals surface area (Å²) in [6, 6.07) is 12.3. The van der Waals surface area contributed by atoms with Crippen molar-refractivity contribution in [2.75, 3.05) is 6.61 Å². The van der Waals surface area contributed by atoms with E-state index in [2.05, 4.69) is 20.9 Å². The van der Waals surface area contributed by atoms with Crippen LogP contribution >= 0.6 is 38.9 Å². The van der Waals surface area contributed by atoms with Crippen LogP contribution in [0.2, 0.25) is 5.02 Å². The molecule has 0 saturated heterocycles. The SMILES string of the molecule is CCOC(=O)Cn1c(=NC(=O)c2ccc(Br)cc2)sc2cccc(Cl)c21. The van der Waals surface area contributed by atoms with Crippen LogP contribution in [-0.2, 0) is 16.1 Å². The Morgan fingerprint density at radius 2 is 1.96 bits per heavy atom. The van der Waals surface area contributed by atoms with Crippen molar-refractivity contribution in [1.29, 1.82) is 0 Å². The van der Waals surface area contributed by atoms with Crippen LogP contribution in [0, 0.1) is 0 Å². The summed E-state index contributed by atoms with van der Waals surface area (Å²) in [6.45, 7) is 1.95. The molecular weight excluding hydrogens is 440 g/mol. The highest BCUT2D eigenvalue weighted by Crippen LogP contribution is 2.25. The van der Waals surface area contributed by atoms with E-state index in [0.29, 0.717) is 20.9 Å². The summed E-state index contributed by atoms with van der Waals surface area (Å²) >= 11 is 10.9. The second kappa shape index (κ2) is 8.16. The van der Waals surface area contributed by atoms with Crippen LogP contribution in [0.25, 0.3) is 10.2 Å². The molecule has 1 aromatic heterocycles. The van der Waals surface area contributed by atoms with Crippen molar-refractivity contribution >= 4 is 61.0 Å². The summed E-state index contributed by atoms with van der Waals surface area (Å²) in [6.07, 6.45) is 0. The van der Waals surface area contributed by atoms with Crippen LogP contribution in [0.4, 0.5) is 0 Å². The first-order valence-corrected chi connectivity index (χ1v) is 9.76. The van der Waals surface area contributed by atoms with E-state index in [1.807, 2.05) is 12.1 Å². The van der Waals surface area contributed by atoms with Gasteiger partial charge >= 0.3 is 5.97 Å². The molecule has 134 valence electrons. The molecular formula is C18H14BrClN2O3S. The molecule has 1 heterocycles. The van der Waals surface area contributed by atoms with Crippen molar-refractivity contribution in [3.05, 3.63) is 62.3 Å². The Labute approximate surface area is 167 Å². The molecule has 0 fully saturated rings. The first-order chi connectivity index (χ1) is 12.5. The predicted octanol–water partition coefficient (Wildman–Crippen LogP) is 4.42. The number of esters is 1. The molecule has 0 spiro atoms. The number of thiazole rings is 1. The second-order valence-corrected chi connectivity index (χ2v) is 7.62. The first kappa shape index (κ1) is 18.8. The van der Waals surface area contributed by atoms with Gasteiger partial charge in [0.05, 0.1) is 21.8 Å². The van der Waals surface area contributed by atoms with Gasteiger partial charge in [0.1, 0.15) is 6.54 Å². The van der Waals surface area contributed by atoms with E-state index in [4.69, 9.17) is 16.3 Å². The minimum absolute atomic E-state index is 0.0655. The molecule has 8 heteroatoms. The summed E-state index contributed by atoms with van der Waals surface area (Å²) in [4.78, 5) is 29.1. The maximum Gasteiger partial charge on any atom is 0.326 e. The van der Waals surface area contributed by atoms with E-state index in [9.17, 15) is 9.59 Å². The molecule has 0 saturated carbocycles. The van der Waals surface area contributed by atoms with Gasteiger partial charge in [-0.3, -0.25) is 9.59 Å². The molecule has 0 unspecified atom stereocenters. The average Bonchev–Trinajstić information content (AvgIpc) is 2.94. The van der Waals surface area contributed by atoms with E-state index in [0.717, 1.165) is 9.17 Å². The lowest BCUT2D eigenvalue weighted by atomic mass is 10.2. The Morgan fingerprint density at radius 3 is 2.65 bits per heavy atom. The summed E-state index contributed by atoms with van der Waals surface area (Å²) in [5, 5.41) is 0.487. The molecule has 0 aliphatic carbocycles. The summed E-state index contributed by atoms with van der Waals surface area (Å²) in [5.41, 5.74) is 1.12. The number of rotatable bonds is 4. The average molecular weight is 454 g/mol. The van der Waals surface area contributed by atoms with Gasteiger partial charge in [0.25, 0.3) is 5.91 Å². The van der Waals surface area contributed by atoms with Crippen molar-refractivity contribution in [3.8, 4) is 0 Å². The number of nitrogens with zero attached hydrogens (tertiary/aromatic N) is 2. The largest absolute Gasteiger partial charge is 0.465 e. The van der Waals surface area contributed by atoms with Crippen LogP contribution in [0.5, 0.6) is 0 Å². The maximum atomic E-state index is 12.5. The number of para-hydroxylation sites is 1. The highest BCUT2D eigenvalue weighted by Gasteiger charge is 2.15. The van der Waals surface area contributed by atoms with E-state index in [1.165, 1.54) is 11.3 Å². The zero-order valence-electron chi connectivity index (χ0n) is 13.7. The van der Waals surface area contributed by atoms with Crippen LogP contribution in [-0.4, -0.2) is 23.1 Å². The van der Waals surface area contributed by atoms with Crippen LogP contribution < -0.4 is 4.80 Å². The fourth-order valence-electron chi connectivity index (χ4n) is 2.40. The minimum Gasteiger partial charge on any atom is -0.465 e. The monoisotopic (exact) mass is 452 g/mol. The number of hydrogen-bond acceptors (Lipinski definition) is 4. The van der Waals surface area contributed by atoms with Crippen LogP contribution in [0.15, 0.2) is 51.9 Å². The number of carbonyl (C=O) groups is 2. The predicted molar refractivity (Wildman–Crippen MR) is 105 cm³/mol. The van der Waals surface area contributed by atoms with Gasteiger partial charge < -0.3 is 9.30 Å². The van der Waals surface area contributed by atoms with E-state index in [1.54, 1.807) is 41.8 Å². The zero-order valence-corrected chi connectivity index (χ0v) is 16.9. The first-order valence-electron chi connectivity index (χ1n) is 7.77. The number of amides is 1. The fraction of sp³-hybridized carbons (Fsp3) is 0.167. The number of ether oxygens (including phenoxy) is 1. The number of halogens is 2. The van der Waals surface area contributed by atoms with Gasteiger partial charge in [0.15, 0.2) is 4.80 Å². The second-order valence-electron chi connectivity index (χ2n) is 5.29. The third-order valence-electron chi connectivity index (χ3n) is 3.53. The molecule has 1 amide bonds. The number of fused-ring (bicyclic) bond motifs is 1. The maximum absolute atomic E-state index is 12.5. The molecule has 3 aromatic rings. The minimum atomic E-state index is -0.412. The van der Waals surface area contributed by atoms with E-state index >= 15 is 0 Å². The quantitative estimate of drug-likeness (QED) is 0.549. The Balaban J connectivity index is 2.12. The van der Waals surface area contributed by atoms with Gasteiger partial charge in [-0.25, -0.2) is 0 Å². The summed E-state index contributed by atoms with van der Waals surface area (Å²) in [5.74, 6) is -0.803. The standard InChI is InChI=1S/C18H14BrClN2O3S/c1-2-25-15(23)10-22-16-13(20)4-3-5-14(16)26-18(22)21-17(24)11-6-8-12(19)9-7-11/h3-9H,2,10H2,1H3. The Bertz CT molecular complexity index is 1040. The topological polar surface area (TPSA) is 60.7 Å². The Kier molecular flexibility index (Phi) is 5.90. The third-order valence-corrected chi connectivity index (χ3v) is 5.41. The lowest BCUT2D eigenvalue weighted by molar-refractivity contribution is -0.143. The summed E-state index contributed by atoms with van der Waals surface area (Å²) < 4.78 is 8.37. The van der Waals surface area contributed by atoms with Gasteiger partial charge in [-0.15, -0.1) is 0 Å². The van der Waals surface area contributed by atoms with E-state index < -0.39 is 11.9 Å². The van der Waals surface area contributed by atoms with Gasteiger partial charge in [-0.05, 0) is 43.3 Å². The molecule has 0 aliphatic rings. The Hall–Kier alpha value is -1.96. The van der Waals surface area contributed by atoms with Gasteiger partial charge in [0.2, 0.25) is 0 Å². The van der Waals surface area contributed by atoms with Crippen molar-refractivity contribution in [2.24, 2.45) is 4.99 Å². The normalized spacial score (nSPS) is 11.7. The van der Waals surface area contributed by atoms with Crippen LogP contribution in [0.3, 0.4) is 0 Å². The van der Waals surface area contributed by atoms with Gasteiger partial charge in [-0.2, -0.15) is 4.99 Å². The number of carbonyl (C=O) groups excluding carboxylic acids is 2. The fourth-order valence-corrected chi connectivity index (χ4v) is 4.05. The number of hydrogen-bond donors (Lipinski definition) is 0. The highest BCUT2D eigenvalue weighted by molar-refractivity contribution is 9.10. The molecule has 0 N–H and O–H groups in total. The third kappa shape index (κ3) is 4.06. The van der Waals surface area contributed by atoms with Gasteiger partial charge in [0, 0.05) is 10.0 Å². The molecule has 3 rings (SSSR count). The lowest BCUT2D eigenvalue weighted by Gasteiger charge is -2.06. The number of aromatic nitrogens is 1. The van der Waals surface area contributed by atoms with Crippen molar-refractivity contribution in [2.45, 2.75) is 13.5 Å². The number of benzene rings is 2. The lowest BCUT2D eigenvalue weighted by Crippen LogP contribution is -2.23. The van der Waals surface area contributed by atoms with Crippen molar-refractivity contribution < 1.29 is 14.3 Å². The smallest absolute Gasteiger partial charge is 0.326 e. The molecule has 0 bridgehead atoms. The van der Waals surface area contributed by atoms with Crippen molar-refractivity contribution in [3.63, 3.8) is 0 Å². The Morgan fingerprint density at radius 1 is 1.23 bits per heavy atom. The van der Waals surface area contributed by atoms with E-state index in [-0.39, 0.29) is 13.2 Å². The molecule has 0 atom stereocenters. The van der Waals surface area contributed by atoms with Crippen molar-refractivity contribution in [1.82, 2.24) is 4.57 Å². The summed E-state index contributed by atoms with van der Waals surface area (Å²) in [7, 11) is 0.